The second kappa shape index (κ2) is 8.78. The van der Waals surface area contributed by atoms with Crippen LogP contribution in [0.1, 0.15) is 35.8 Å². The van der Waals surface area contributed by atoms with Gasteiger partial charge in [-0.1, -0.05) is 12.1 Å². The van der Waals surface area contributed by atoms with Crippen molar-refractivity contribution >= 4 is 23.0 Å². The van der Waals surface area contributed by atoms with Gasteiger partial charge in [0.2, 0.25) is 5.91 Å². The van der Waals surface area contributed by atoms with Crippen molar-refractivity contribution in [1.82, 2.24) is 24.2 Å². The lowest BCUT2D eigenvalue weighted by molar-refractivity contribution is -0.127. The number of rotatable bonds is 4. The maximum Gasteiger partial charge on any atom is 0.326 e. The number of H-pyrrole nitrogens is 1. The number of carbonyl (C=O) groups is 1. The van der Waals surface area contributed by atoms with Gasteiger partial charge in [-0.2, -0.15) is 5.10 Å². The van der Waals surface area contributed by atoms with E-state index >= 15 is 0 Å². The van der Waals surface area contributed by atoms with Gasteiger partial charge >= 0.3 is 5.69 Å². The lowest BCUT2D eigenvalue weighted by Gasteiger charge is -2.32. The number of aromatic amines is 1. The van der Waals surface area contributed by atoms with Crippen LogP contribution >= 0.6 is 0 Å². The summed E-state index contributed by atoms with van der Waals surface area (Å²) in [5, 5.41) is 4.55. The molecule has 1 N–H and O–H groups in total. The van der Waals surface area contributed by atoms with E-state index in [0.717, 1.165) is 46.5 Å². The first-order valence-corrected chi connectivity index (χ1v) is 11.4. The van der Waals surface area contributed by atoms with Crippen LogP contribution in [0.3, 0.4) is 0 Å². The molecule has 1 fully saturated rings. The van der Waals surface area contributed by atoms with Crippen molar-refractivity contribution in [3.8, 4) is 5.69 Å². The minimum atomic E-state index is -0.297. The molecular formula is C26H26FN5O2. The number of hydrogen-bond donors (Lipinski definition) is 1. The van der Waals surface area contributed by atoms with Crippen molar-refractivity contribution in [1.29, 1.82) is 0 Å². The average Bonchev–Trinajstić information content (AvgIpc) is 3.33. The number of fused-ring (bicyclic) bond motifs is 1. The third-order valence-corrected chi connectivity index (χ3v) is 6.58. The van der Waals surface area contributed by atoms with Crippen LogP contribution in [0.4, 0.5) is 4.39 Å². The topological polar surface area (TPSA) is 75.9 Å². The molecule has 1 aliphatic heterocycles. The van der Waals surface area contributed by atoms with Gasteiger partial charge in [0, 0.05) is 36.5 Å². The summed E-state index contributed by atoms with van der Waals surface area (Å²) in [6, 6.07) is 13.9. The zero-order valence-electron chi connectivity index (χ0n) is 19.2. The molecule has 8 heteroatoms. The summed E-state index contributed by atoms with van der Waals surface area (Å²) >= 11 is 0. The summed E-state index contributed by atoms with van der Waals surface area (Å²) in [7, 11) is 0. The summed E-state index contributed by atoms with van der Waals surface area (Å²) in [5.74, 6) is -0.354. The van der Waals surface area contributed by atoms with Crippen molar-refractivity contribution in [2.24, 2.45) is 0 Å². The molecule has 5 rings (SSSR count). The van der Waals surface area contributed by atoms with Crippen LogP contribution in [0.5, 0.6) is 0 Å². The molecule has 174 valence electrons. The summed E-state index contributed by atoms with van der Waals surface area (Å²) in [6.07, 6.45) is 4.84. The van der Waals surface area contributed by atoms with E-state index in [4.69, 9.17) is 0 Å². The number of para-hydroxylation sites is 2. The summed E-state index contributed by atoms with van der Waals surface area (Å²) < 4.78 is 16.8. The minimum absolute atomic E-state index is 0.0574. The third kappa shape index (κ3) is 3.96. The van der Waals surface area contributed by atoms with Crippen molar-refractivity contribution < 1.29 is 9.18 Å². The second-order valence-corrected chi connectivity index (χ2v) is 8.68. The van der Waals surface area contributed by atoms with E-state index in [1.807, 2.05) is 47.6 Å². The fraction of sp³-hybridized carbons (Fsp3) is 0.269. The number of halogens is 1. The fourth-order valence-electron chi connectivity index (χ4n) is 4.77. The number of piperidine rings is 1. The average molecular weight is 460 g/mol. The van der Waals surface area contributed by atoms with Gasteiger partial charge in [0.1, 0.15) is 5.82 Å². The van der Waals surface area contributed by atoms with E-state index in [1.54, 1.807) is 29.0 Å². The lowest BCUT2D eigenvalue weighted by Crippen LogP contribution is -2.39. The molecule has 1 amide bonds. The smallest absolute Gasteiger partial charge is 0.326 e. The Balaban J connectivity index is 1.28. The molecule has 1 saturated heterocycles. The van der Waals surface area contributed by atoms with Crippen molar-refractivity contribution in [3.05, 3.63) is 87.9 Å². The predicted molar refractivity (Wildman–Crippen MR) is 129 cm³/mol. The Morgan fingerprint density at radius 2 is 1.79 bits per heavy atom. The Hall–Kier alpha value is -3.94. The van der Waals surface area contributed by atoms with Gasteiger partial charge in [0.25, 0.3) is 0 Å². The molecule has 0 spiro atoms. The van der Waals surface area contributed by atoms with Crippen LogP contribution < -0.4 is 5.69 Å². The number of aromatic nitrogens is 4. The summed E-state index contributed by atoms with van der Waals surface area (Å²) in [6.45, 7) is 5.00. The molecule has 0 unspecified atom stereocenters. The monoisotopic (exact) mass is 459 g/mol. The number of amides is 1. The maximum atomic E-state index is 13.3. The van der Waals surface area contributed by atoms with E-state index in [2.05, 4.69) is 10.1 Å². The number of likely N-dealkylation sites (tertiary alicyclic amines) is 1. The van der Waals surface area contributed by atoms with Crippen LogP contribution in [-0.2, 0) is 4.79 Å². The SMILES string of the molecule is Cc1nn(-c2ccc(F)cc2)c(C)c1C=CC(=O)N1CCC(n2c(=O)[nH]c3ccccc32)CC1. The second-order valence-electron chi connectivity index (χ2n) is 8.68. The molecule has 3 heterocycles. The summed E-state index contributed by atoms with van der Waals surface area (Å²) in [4.78, 5) is 30.1. The first kappa shape index (κ1) is 21.9. The Morgan fingerprint density at radius 3 is 2.53 bits per heavy atom. The Bertz CT molecular complexity index is 1440. The highest BCUT2D eigenvalue weighted by Crippen LogP contribution is 2.25. The van der Waals surface area contributed by atoms with Crippen LogP contribution in [0.2, 0.25) is 0 Å². The number of hydrogen-bond acceptors (Lipinski definition) is 3. The van der Waals surface area contributed by atoms with Gasteiger partial charge < -0.3 is 9.88 Å². The zero-order chi connectivity index (χ0) is 23.8. The molecule has 4 aromatic rings. The molecule has 0 radical (unpaired) electrons. The largest absolute Gasteiger partial charge is 0.339 e. The predicted octanol–water partition coefficient (Wildman–Crippen LogP) is 4.15. The third-order valence-electron chi connectivity index (χ3n) is 6.58. The highest BCUT2D eigenvalue weighted by atomic mass is 19.1. The number of benzene rings is 2. The van der Waals surface area contributed by atoms with Crippen LogP contribution in [0.25, 0.3) is 22.8 Å². The normalized spacial score (nSPS) is 15.0. The maximum absolute atomic E-state index is 13.3. The standard InChI is InChI=1S/C26H26FN5O2/c1-17-22(18(2)32(29-17)21-9-7-19(27)8-10-21)11-12-25(33)30-15-13-20(14-16-30)31-24-6-4-3-5-23(24)28-26(31)34/h3-12,20H,13-16H2,1-2H3,(H,28,34). The van der Waals surface area contributed by atoms with E-state index < -0.39 is 0 Å². The van der Waals surface area contributed by atoms with E-state index in [9.17, 15) is 14.0 Å². The number of carbonyl (C=O) groups excluding carboxylic acids is 1. The first-order valence-electron chi connectivity index (χ1n) is 11.4. The molecule has 7 nitrogen and oxygen atoms in total. The minimum Gasteiger partial charge on any atom is -0.339 e. The Labute approximate surface area is 196 Å². The van der Waals surface area contributed by atoms with Gasteiger partial charge in [-0.3, -0.25) is 9.36 Å². The number of imidazole rings is 1. The first-order chi connectivity index (χ1) is 16.4. The van der Waals surface area contributed by atoms with Gasteiger partial charge in [-0.05, 0) is 69.2 Å². The summed E-state index contributed by atoms with van der Waals surface area (Å²) in [5.41, 5.74) is 4.95. The molecule has 0 atom stereocenters. The fourth-order valence-corrected chi connectivity index (χ4v) is 4.77. The van der Waals surface area contributed by atoms with Gasteiger partial charge in [-0.25, -0.2) is 13.9 Å². The van der Waals surface area contributed by atoms with E-state index in [-0.39, 0.29) is 23.5 Å². The molecule has 2 aromatic heterocycles. The number of nitrogens with zero attached hydrogens (tertiary/aromatic N) is 4. The van der Waals surface area contributed by atoms with Crippen LogP contribution in [0, 0.1) is 19.7 Å². The van der Waals surface area contributed by atoms with Crippen molar-refractivity contribution in [2.45, 2.75) is 32.7 Å². The van der Waals surface area contributed by atoms with Crippen LogP contribution in [-0.4, -0.2) is 43.2 Å². The zero-order valence-corrected chi connectivity index (χ0v) is 19.2. The quantitative estimate of drug-likeness (QED) is 0.466. The highest BCUT2D eigenvalue weighted by Gasteiger charge is 2.25. The molecule has 34 heavy (non-hydrogen) atoms. The molecule has 2 aromatic carbocycles. The lowest BCUT2D eigenvalue weighted by atomic mass is 10.0. The van der Waals surface area contributed by atoms with Gasteiger partial charge in [-0.15, -0.1) is 0 Å². The molecular weight excluding hydrogens is 433 g/mol. The van der Waals surface area contributed by atoms with Gasteiger partial charge in [0.15, 0.2) is 0 Å². The highest BCUT2D eigenvalue weighted by molar-refractivity contribution is 5.92. The molecule has 0 saturated carbocycles. The molecule has 0 bridgehead atoms. The van der Waals surface area contributed by atoms with E-state index in [1.165, 1.54) is 12.1 Å². The van der Waals surface area contributed by atoms with E-state index in [0.29, 0.717) is 13.1 Å². The van der Waals surface area contributed by atoms with Crippen molar-refractivity contribution in [2.75, 3.05) is 13.1 Å². The Kier molecular flexibility index (Phi) is 5.65. The number of nitrogens with one attached hydrogen (secondary N) is 1. The van der Waals surface area contributed by atoms with Gasteiger partial charge in [0.05, 0.1) is 22.4 Å². The molecule has 0 aliphatic carbocycles. The van der Waals surface area contributed by atoms with Crippen molar-refractivity contribution in [3.63, 3.8) is 0 Å². The van der Waals surface area contributed by atoms with Crippen LogP contribution in [0.15, 0.2) is 59.4 Å². The Morgan fingerprint density at radius 1 is 1.09 bits per heavy atom. The molecule has 1 aliphatic rings. The number of aryl methyl sites for hydroxylation is 1.